The standard InChI is InChI=1S/C21H17N5O6/c1-30-17-10-12(6-7-22-17)19-24-18(32-25-19)9-11-2-4-15-14(8-11)26(21(29)31-15)13-3-5-16(27)23-20(13)28/h2,4,6-8,10,13H,3,5,9H2,1H3,(H,23,27,28). The molecule has 4 aromatic rings. The molecule has 0 saturated carbocycles. The van der Waals surface area contributed by atoms with Crippen LogP contribution in [0, 0.1) is 0 Å². The number of nitrogens with one attached hydrogen (secondary N) is 1. The SMILES string of the molecule is COc1cc(-c2noc(Cc3ccc4oc(=O)n(C5CCC(=O)NC5=O)c4c3)n2)ccn1. The van der Waals surface area contributed by atoms with E-state index in [1.54, 1.807) is 36.5 Å². The van der Waals surface area contributed by atoms with E-state index < -0.39 is 17.7 Å². The summed E-state index contributed by atoms with van der Waals surface area (Å²) in [6.07, 6.45) is 2.27. The summed E-state index contributed by atoms with van der Waals surface area (Å²) in [7, 11) is 1.52. The molecule has 32 heavy (non-hydrogen) atoms. The number of carbonyl (C=O) groups excluding carboxylic acids is 2. The van der Waals surface area contributed by atoms with Crippen molar-refractivity contribution in [3.05, 3.63) is 58.5 Å². The Morgan fingerprint density at radius 1 is 1.22 bits per heavy atom. The summed E-state index contributed by atoms with van der Waals surface area (Å²) in [6, 6.07) is 7.80. The number of rotatable bonds is 5. The summed E-state index contributed by atoms with van der Waals surface area (Å²) in [6.45, 7) is 0. The van der Waals surface area contributed by atoms with Crippen LogP contribution in [-0.2, 0) is 16.0 Å². The van der Waals surface area contributed by atoms with Gasteiger partial charge in [-0.25, -0.2) is 9.78 Å². The Kier molecular flexibility index (Phi) is 4.77. The minimum Gasteiger partial charge on any atom is -0.481 e. The van der Waals surface area contributed by atoms with Gasteiger partial charge in [-0.1, -0.05) is 11.2 Å². The number of hydrogen-bond acceptors (Lipinski definition) is 9. The molecular weight excluding hydrogens is 418 g/mol. The van der Waals surface area contributed by atoms with Gasteiger partial charge >= 0.3 is 5.76 Å². The van der Waals surface area contributed by atoms with Crippen molar-refractivity contribution >= 4 is 22.9 Å². The monoisotopic (exact) mass is 435 g/mol. The number of ether oxygens (including phenoxy) is 1. The number of pyridine rings is 1. The molecule has 0 aliphatic carbocycles. The lowest BCUT2D eigenvalue weighted by atomic mass is 10.1. The van der Waals surface area contributed by atoms with Crippen LogP contribution in [0.2, 0.25) is 0 Å². The van der Waals surface area contributed by atoms with Crippen LogP contribution in [0.1, 0.15) is 30.3 Å². The third-order valence-electron chi connectivity index (χ3n) is 5.22. The Balaban J connectivity index is 1.45. The summed E-state index contributed by atoms with van der Waals surface area (Å²) >= 11 is 0. The Morgan fingerprint density at radius 3 is 2.91 bits per heavy atom. The summed E-state index contributed by atoms with van der Waals surface area (Å²) in [4.78, 5) is 44.6. The predicted molar refractivity (Wildman–Crippen MR) is 109 cm³/mol. The van der Waals surface area contributed by atoms with Crippen LogP contribution < -0.4 is 15.8 Å². The molecule has 0 radical (unpaired) electrons. The summed E-state index contributed by atoms with van der Waals surface area (Å²) in [5, 5.41) is 6.27. The smallest absolute Gasteiger partial charge is 0.420 e. The van der Waals surface area contributed by atoms with E-state index in [2.05, 4.69) is 20.4 Å². The normalized spacial score (nSPS) is 16.3. The van der Waals surface area contributed by atoms with Crippen LogP contribution in [0.4, 0.5) is 0 Å². The van der Waals surface area contributed by atoms with Crippen molar-refractivity contribution < 1.29 is 23.3 Å². The third-order valence-corrected chi connectivity index (χ3v) is 5.22. The molecule has 1 saturated heterocycles. The van der Waals surface area contributed by atoms with Crippen LogP contribution in [0.15, 0.2) is 50.3 Å². The molecule has 1 unspecified atom stereocenters. The van der Waals surface area contributed by atoms with E-state index >= 15 is 0 Å². The minimum absolute atomic E-state index is 0.153. The maximum Gasteiger partial charge on any atom is 0.420 e. The number of hydrogen-bond donors (Lipinski definition) is 1. The van der Waals surface area contributed by atoms with Crippen LogP contribution in [0.5, 0.6) is 5.88 Å². The first-order chi connectivity index (χ1) is 15.5. The van der Waals surface area contributed by atoms with E-state index in [9.17, 15) is 14.4 Å². The molecule has 3 aromatic heterocycles. The Bertz CT molecular complexity index is 1400. The van der Waals surface area contributed by atoms with Gasteiger partial charge < -0.3 is 13.7 Å². The van der Waals surface area contributed by atoms with Gasteiger partial charge in [0, 0.05) is 24.2 Å². The third kappa shape index (κ3) is 3.53. The first-order valence-corrected chi connectivity index (χ1v) is 9.82. The zero-order chi connectivity index (χ0) is 22.2. The molecule has 1 atom stereocenters. The van der Waals surface area contributed by atoms with Gasteiger partial charge in [0.2, 0.25) is 29.4 Å². The highest BCUT2D eigenvalue weighted by molar-refractivity contribution is 6.00. The summed E-state index contributed by atoms with van der Waals surface area (Å²) < 4.78 is 17.1. The fourth-order valence-corrected chi connectivity index (χ4v) is 3.69. The molecule has 1 aromatic carbocycles. The number of oxazole rings is 1. The van der Waals surface area contributed by atoms with Crippen molar-refractivity contribution in [3.63, 3.8) is 0 Å². The maximum atomic E-state index is 12.4. The number of aromatic nitrogens is 4. The van der Waals surface area contributed by atoms with Crippen molar-refractivity contribution in [2.45, 2.75) is 25.3 Å². The van der Waals surface area contributed by atoms with E-state index in [1.165, 1.54) is 11.7 Å². The fourth-order valence-electron chi connectivity index (χ4n) is 3.69. The Morgan fingerprint density at radius 2 is 2.09 bits per heavy atom. The summed E-state index contributed by atoms with van der Waals surface area (Å²) in [5.74, 6) is -0.333. The molecule has 1 aliphatic rings. The lowest BCUT2D eigenvalue weighted by molar-refractivity contribution is -0.135. The van der Waals surface area contributed by atoms with E-state index in [4.69, 9.17) is 13.7 Å². The lowest BCUT2D eigenvalue weighted by Gasteiger charge is -2.21. The van der Waals surface area contributed by atoms with Crippen molar-refractivity contribution in [2.24, 2.45) is 0 Å². The van der Waals surface area contributed by atoms with Gasteiger partial charge in [-0.15, -0.1) is 0 Å². The molecule has 4 heterocycles. The van der Waals surface area contributed by atoms with Gasteiger partial charge in [-0.3, -0.25) is 19.5 Å². The van der Waals surface area contributed by atoms with Gasteiger partial charge in [-0.2, -0.15) is 4.98 Å². The second kappa shape index (κ2) is 7.76. The Hall–Kier alpha value is -4.28. The highest BCUT2D eigenvalue weighted by atomic mass is 16.5. The minimum atomic E-state index is -0.812. The van der Waals surface area contributed by atoms with Crippen molar-refractivity contribution in [1.82, 2.24) is 25.0 Å². The largest absolute Gasteiger partial charge is 0.481 e. The molecule has 5 rings (SSSR count). The molecule has 11 nitrogen and oxygen atoms in total. The molecule has 2 amide bonds. The lowest BCUT2D eigenvalue weighted by Crippen LogP contribution is -2.43. The van der Waals surface area contributed by atoms with Crippen molar-refractivity contribution in [1.29, 1.82) is 0 Å². The first-order valence-electron chi connectivity index (χ1n) is 9.82. The van der Waals surface area contributed by atoms with Crippen LogP contribution in [0.25, 0.3) is 22.5 Å². The van der Waals surface area contributed by atoms with Gasteiger partial charge in [0.15, 0.2) is 5.58 Å². The number of fused-ring (bicyclic) bond motifs is 1. The number of methoxy groups -OCH3 is 1. The molecular formula is C21H17N5O6. The molecule has 0 spiro atoms. The zero-order valence-electron chi connectivity index (χ0n) is 16.9. The summed E-state index contributed by atoms with van der Waals surface area (Å²) in [5.41, 5.74) is 2.28. The van der Waals surface area contributed by atoms with Crippen LogP contribution in [-0.4, -0.2) is 38.6 Å². The maximum absolute atomic E-state index is 12.4. The quantitative estimate of drug-likeness (QED) is 0.463. The van der Waals surface area contributed by atoms with Gasteiger partial charge in [0.25, 0.3) is 0 Å². The number of carbonyl (C=O) groups is 2. The number of nitrogens with zero attached hydrogens (tertiary/aromatic N) is 4. The van der Waals surface area contributed by atoms with E-state index in [0.717, 1.165) is 5.56 Å². The average molecular weight is 435 g/mol. The highest BCUT2D eigenvalue weighted by Crippen LogP contribution is 2.25. The van der Waals surface area contributed by atoms with Gasteiger partial charge in [0.05, 0.1) is 19.0 Å². The van der Waals surface area contributed by atoms with E-state index in [1.807, 2.05) is 0 Å². The van der Waals surface area contributed by atoms with Crippen LogP contribution in [0.3, 0.4) is 0 Å². The molecule has 11 heteroatoms. The highest BCUT2D eigenvalue weighted by Gasteiger charge is 2.31. The van der Waals surface area contributed by atoms with Gasteiger partial charge in [-0.05, 0) is 30.2 Å². The fraction of sp³-hybridized carbons (Fsp3) is 0.238. The molecule has 1 aliphatic heterocycles. The molecule has 1 N–H and O–H groups in total. The first kappa shape index (κ1) is 19.7. The number of amides is 2. The number of benzene rings is 1. The number of imide groups is 1. The van der Waals surface area contributed by atoms with Gasteiger partial charge in [0.1, 0.15) is 6.04 Å². The zero-order valence-corrected chi connectivity index (χ0v) is 16.9. The van der Waals surface area contributed by atoms with E-state index in [0.29, 0.717) is 40.7 Å². The van der Waals surface area contributed by atoms with Crippen LogP contribution >= 0.6 is 0 Å². The predicted octanol–water partition coefficient (Wildman–Crippen LogP) is 1.62. The van der Waals surface area contributed by atoms with Crippen molar-refractivity contribution in [3.8, 4) is 17.3 Å². The Labute approximate surface area is 180 Å². The average Bonchev–Trinajstić information content (AvgIpc) is 3.38. The molecule has 0 bridgehead atoms. The molecule has 1 fully saturated rings. The second-order valence-corrected chi connectivity index (χ2v) is 7.28. The topological polar surface area (TPSA) is 142 Å². The van der Waals surface area contributed by atoms with E-state index in [-0.39, 0.29) is 18.7 Å². The second-order valence-electron chi connectivity index (χ2n) is 7.28. The van der Waals surface area contributed by atoms with Crippen molar-refractivity contribution in [2.75, 3.05) is 7.11 Å². The number of piperidine rings is 1. The molecule has 162 valence electrons.